The van der Waals surface area contributed by atoms with Crippen LogP contribution in [0.4, 0.5) is 5.95 Å². The Morgan fingerprint density at radius 2 is 2.10 bits per heavy atom. The second kappa shape index (κ2) is 5.46. The van der Waals surface area contributed by atoms with Gasteiger partial charge in [-0.1, -0.05) is 11.6 Å². The lowest BCUT2D eigenvalue weighted by Gasteiger charge is -2.06. The maximum absolute atomic E-state index is 12.3. The van der Waals surface area contributed by atoms with Crippen LogP contribution in [-0.2, 0) is 7.05 Å². The molecule has 0 aliphatic rings. The predicted octanol–water partition coefficient (Wildman–Crippen LogP) is 1.74. The number of halogens is 1. The summed E-state index contributed by atoms with van der Waals surface area (Å²) in [6.45, 7) is 3.58. The molecule has 2 aromatic rings. The number of aromatic nitrogens is 4. The third-order valence-electron chi connectivity index (χ3n) is 2.84. The minimum Gasteiger partial charge on any atom is -0.481 e. The van der Waals surface area contributed by atoms with Gasteiger partial charge in [-0.05, 0) is 13.8 Å². The molecule has 0 saturated heterocycles. The van der Waals surface area contributed by atoms with Gasteiger partial charge >= 0.3 is 0 Å². The van der Waals surface area contributed by atoms with Gasteiger partial charge in [-0.3, -0.25) is 14.8 Å². The van der Waals surface area contributed by atoms with E-state index in [0.717, 1.165) is 5.69 Å². The summed E-state index contributed by atoms with van der Waals surface area (Å²) in [6.07, 6.45) is 0. The van der Waals surface area contributed by atoms with Gasteiger partial charge in [0.25, 0.3) is 5.91 Å². The molecule has 2 heterocycles. The highest BCUT2D eigenvalue weighted by molar-refractivity contribution is 6.29. The van der Waals surface area contributed by atoms with E-state index in [-0.39, 0.29) is 22.9 Å². The Morgan fingerprint density at radius 3 is 2.65 bits per heavy atom. The molecule has 0 atom stereocenters. The zero-order chi connectivity index (χ0) is 14.9. The summed E-state index contributed by atoms with van der Waals surface area (Å²) in [5, 5.41) is 6.97. The minimum atomic E-state index is -0.336. The average Bonchev–Trinajstić information content (AvgIpc) is 2.62. The Kier molecular flexibility index (Phi) is 3.89. The number of nitrogens with zero attached hydrogens (tertiary/aromatic N) is 4. The van der Waals surface area contributed by atoms with Crippen molar-refractivity contribution < 1.29 is 9.53 Å². The Hall–Kier alpha value is -2.15. The molecule has 20 heavy (non-hydrogen) atoms. The van der Waals surface area contributed by atoms with Crippen LogP contribution >= 0.6 is 11.6 Å². The molecule has 0 spiro atoms. The van der Waals surface area contributed by atoms with Gasteiger partial charge < -0.3 is 4.74 Å². The van der Waals surface area contributed by atoms with E-state index in [1.54, 1.807) is 18.7 Å². The summed E-state index contributed by atoms with van der Waals surface area (Å²) in [6, 6.07) is 1.46. The third-order valence-corrected chi connectivity index (χ3v) is 3.04. The molecule has 0 aromatic carbocycles. The number of carbonyl (C=O) groups excluding carboxylic acids is 1. The van der Waals surface area contributed by atoms with Gasteiger partial charge in [-0.15, -0.1) is 0 Å². The molecule has 2 aromatic heterocycles. The molecule has 0 unspecified atom stereocenters. The minimum absolute atomic E-state index is 0.0852. The van der Waals surface area contributed by atoms with Crippen molar-refractivity contribution in [3.63, 3.8) is 0 Å². The van der Waals surface area contributed by atoms with Crippen LogP contribution in [0.5, 0.6) is 5.88 Å². The molecule has 7 nitrogen and oxygen atoms in total. The van der Waals surface area contributed by atoms with E-state index >= 15 is 0 Å². The molecule has 0 radical (unpaired) electrons. The molecule has 0 aliphatic carbocycles. The zero-order valence-corrected chi connectivity index (χ0v) is 12.3. The number of amides is 1. The van der Waals surface area contributed by atoms with Gasteiger partial charge in [-0.25, -0.2) is 4.98 Å². The van der Waals surface area contributed by atoms with Crippen molar-refractivity contribution in [3.05, 3.63) is 28.2 Å². The fourth-order valence-electron chi connectivity index (χ4n) is 1.82. The first-order valence-electron chi connectivity index (χ1n) is 5.82. The Morgan fingerprint density at radius 1 is 1.40 bits per heavy atom. The number of nitrogens with one attached hydrogen (secondary N) is 1. The van der Waals surface area contributed by atoms with E-state index in [2.05, 4.69) is 20.4 Å². The lowest BCUT2D eigenvalue weighted by atomic mass is 10.2. The van der Waals surface area contributed by atoms with E-state index in [1.807, 2.05) is 6.92 Å². The maximum atomic E-state index is 12.3. The fraction of sp³-hybridized carbons (Fsp3) is 0.333. The number of anilines is 1. The summed E-state index contributed by atoms with van der Waals surface area (Å²) in [5.74, 6) is 0.0272. The van der Waals surface area contributed by atoms with Crippen molar-refractivity contribution in [3.8, 4) is 5.88 Å². The molecule has 2 rings (SSSR count). The number of ether oxygens (including phenoxy) is 1. The van der Waals surface area contributed by atoms with E-state index in [0.29, 0.717) is 11.3 Å². The smallest absolute Gasteiger partial charge is 0.261 e. The normalized spacial score (nSPS) is 10.4. The standard InChI is InChI=1S/C12H14ClN5O2/c1-6-10(7(2)18(3)17-6)11(19)16-12-14-8(13)5-9(15-12)20-4/h5H,1-4H3,(H,14,15,16,19). The van der Waals surface area contributed by atoms with Crippen LogP contribution in [0.25, 0.3) is 0 Å². The predicted molar refractivity (Wildman–Crippen MR) is 74.2 cm³/mol. The summed E-state index contributed by atoms with van der Waals surface area (Å²) >= 11 is 5.83. The maximum Gasteiger partial charge on any atom is 0.261 e. The number of methoxy groups -OCH3 is 1. The summed E-state index contributed by atoms with van der Waals surface area (Å²) in [5.41, 5.74) is 1.89. The van der Waals surface area contributed by atoms with Crippen LogP contribution in [-0.4, -0.2) is 32.8 Å². The molecule has 1 amide bonds. The molecule has 1 N–H and O–H groups in total. The van der Waals surface area contributed by atoms with Crippen LogP contribution < -0.4 is 10.1 Å². The van der Waals surface area contributed by atoms with Crippen molar-refractivity contribution >= 4 is 23.5 Å². The Balaban J connectivity index is 2.30. The number of carbonyl (C=O) groups is 1. The summed E-state index contributed by atoms with van der Waals surface area (Å²) < 4.78 is 6.61. The first kappa shape index (κ1) is 14.3. The quantitative estimate of drug-likeness (QED) is 0.872. The van der Waals surface area contributed by atoms with Crippen LogP contribution in [0, 0.1) is 13.8 Å². The molecule has 106 valence electrons. The van der Waals surface area contributed by atoms with Gasteiger partial charge in [0.15, 0.2) is 0 Å². The zero-order valence-electron chi connectivity index (χ0n) is 11.6. The molecule has 0 bridgehead atoms. The van der Waals surface area contributed by atoms with Crippen molar-refractivity contribution in [1.29, 1.82) is 0 Å². The number of hydrogen-bond donors (Lipinski definition) is 1. The highest BCUT2D eigenvalue weighted by Crippen LogP contribution is 2.18. The Bertz CT molecular complexity index is 668. The van der Waals surface area contributed by atoms with Gasteiger partial charge in [-0.2, -0.15) is 10.1 Å². The monoisotopic (exact) mass is 295 g/mol. The highest BCUT2D eigenvalue weighted by atomic mass is 35.5. The number of rotatable bonds is 3. The van der Waals surface area contributed by atoms with Gasteiger partial charge in [0.2, 0.25) is 11.8 Å². The fourth-order valence-corrected chi connectivity index (χ4v) is 2.00. The van der Waals surface area contributed by atoms with E-state index in [1.165, 1.54) is 13.2 Å². The molecule has 0 aliphatic heterocycles. The Labute approximate surface area is 120 Å². The number of aryl methyl sites for hydroxylation is 2. The first-order valence-corrected chi connectivity index (χ1v) is 6.20. The van der Waals surface area contributed by atoms with Gasteiger partial charge in [0.05, 0.1) is 18.4 Å². The van der Waals surface area contributed by atoms with Crippen LogP contribution in [0.15, 0.2) is 6.07 Å². The second-order valence-electron chi connectivity index (χ2n) is 4.18. The van der Waals surface area contributed by atoms with Crippen molar-refractivity contribution in [2.75, 3.05) is 12.4 Å². The average molecular weight is 296 g/mol. The molecular formula is C12H14ClN5O2. The van der Waals surface area contributed by atoms with Crippen LogP contribution in [0.2, 0.25) is 5.15 Å². The molecular weight excluding hydrogens is 282 g/mol. The second-order valence-corrected chi connectivity index (χ2v) is 4.57. The largest absolute Gasteiger partial charge is 0.481 e. The van der Waals surface area contributed by atoms with E-state index in [4.69, 9.17) is 16.3 Å². The highest BCUT2D eigenvalue weighted by Gasteiger charge is 2.18. The molecule has 0 saturated carbocycles. The SMILES string of the molecule is COc1cc(Cl)nc(NC(=O)c2c(C)nn(C)c2C)n1. The molecule has 8 heteroatoms. The summed E-state index contributed by atoms with van der Waals surface area (Å²) in [4.78, 5) is 20.2. The van der Waals surface area contributed by atoms with Gasteiger partial charge in [0, 0.05) is 18.8 Å². The molecule has 0 fully saturated rings. The number of hydrogen-bond acceptors (Lipinski definition) is 5. The van der Waals surface area contributed by atoms with E-state index < -0.39 is 0 Å². The summed E-state index contributed by atoms with van der Waals surface area (Å²) in [7, 11) is 3.23. The third kappa shape index (κ3) is 2.72. The van der Waals surface area contributed by atoms with Crippen molar-refractivity contribution in [2.24, 2.45) is 7.05 Å². The van der Waals surface area contributed by atoms with E-state index in [9.17, 15) is 4.79 Å². The van der Waals surface area contributed by atoms with Crippen LogP contribution in [0.3, 0.4) is 0 Å². The lowest BCUT2D eigenvalue weighted by Crippen LogP contribution is -2.16. The topological polar surface area (TPSA) is 81.9 Å². The van der Waals surface area contributed by atoms with Crippen LogP contribution in [0.1, 0.15) is 21.7 Å². The van der Waals surface area contributed by atoms with Gasteiger partial charge in [0.1, 0.15) is 5.15 Å². The van der Waals surface area contributed by atoms with Crippen molar-refractivity contribution in [2.45, 2.75) is 13.8 Å². The van der Waals surface area contributed by atoms with Crippen molar-refractivity contribution in [1.82, 2.24) is 19.7 Å². The lowest BCUT2D eigenvalue weighted by molar-refractivity contribution is 0.102. The first-order chi connectivity index (χ1) is 9.42.